The highest BCUT2D eigenvalue weighted by Gasteiger charge is 2.04. The van der Waals surface area contributed by atoms with E-state index in [1.807, 2.05) is 12.1 Å². The average Bonchev–Trinajstić information content (AvgIpc) is 2.87. The van der Waals surface area contributed by atoms with Crippen LogP contribution >= 0.6 is 0 Å². The van der Waals surface area contributed by atoms with E-state index < -0.39 is 0 Å². The van der Waals surface area contributed by atoms with E-state index in [0.29, 0.717) is 0 Å². The van der Waals surface area contributed by atoms with Gasteiger partial charge in [-0.25, -0.2) is 0 Å². The predicted octanol–water partition coefficient (Wildman–Crippen LogP) is 4.35. The number of methoxy groups -OCH3 is 1. The second kappa shape index (κ2) is 6.29. The van der Waals surface area contributed by atoms with Crippen LogP contribution in [0.2, 0.25) is 0 Å². The third-order valence-electron chi connectivity index (χ3n) is 3.20. The minimum Gasteiger partial charge on any atom is -0.497 e. The largest absolute Gasteiger partial charge is 0.497 e. The van der Waals surface area contributed by atoms with Crippen LogP contribution in [0.15, 0.2) is 42.6 Å². The van der Waals surface area contributed by atoms with E-state index in [-0.39, 0.29) is 0 Å². The summed E-state index contributed by atoms with van der Waals surface area (Å²) in [6.45, 7) is 3.33. The van der Waals surface area contributed by atoms with Gasteiger partial charge in [0.1, 0.15) is 5.75 Å². The molecule has 1 aromatic heterocycles. The van der Waals surface area contributed by atoms with Crippen molar-refractivity contribution in [3.8, 4) is 17.0 Å². The van der Waals surface area contributed by atoms with Crippen molar-refractivity contribution in [1.29, 1.82) is 0 Å². The molecule has 0 aliphatic carbocycles. The molecule has 0 bridgehead atoms. The Kier molecular flexibility index (Phi) is 4.46. The lowest BCUT2D eigenvalue weighted by Crippen LogP contribution is -1.98. The van der Waals surface area contributed by atoms with E-state index in [1.54, 1.807) is 7.11 Å². The van der Waals surface area contributed by atoms with E-state index in [4.69, 9.17) is 4.74 Å². The summed E-state index contributed by atoms with van der Waals surface area (Å²) in [5.74, 6) is 0.911. The molecule has 0 radical (unpaired) electrons. The van der Waals surface area contributed by atoms with Gasteiger partial charge in [0.15, 0.2) is 0 Å². The summed E-state index contributed by atoms with van der Waals surface area (Å²) >= 11 is 0. The van der Waals surface area contributed by atoms with Crippen LogP contribution in [0.4, 0.5) is 0 Å². The molecule has 2 rings (SSSR count). The molecule has 0 saturated carbocycles. The zero-order chi connectivity index (χ0) is 12.8. The molecule has 0 spiro atoms. The third kappa shape index (κ3) is 2.95. The van der Waals surface area contributed by atoms with Crippen molar-refractivity contribution in [2.24, 2.45) is 0 Å². The lowest BCUT2D eigenvalue weighted by molar-refractivity contribution is 0.415. The molecule has 2 heteroatoms. The number of nitrogens with zero attached hydrogens (tertiary/aromatic N) is 1. The monoisotopic (exact) mass is 243 g/mol. The minimum atomic E-state index is 0.911. The first-order valence-corrected chi connectivity index (χ1v) is 6.64. The normalized spacial score (nSPS) is 10.6. The van der Waals surface area contributed by atoms with Crippen LogP contribution in [-0.2, 0) is 6.54 Å². The Labute approximate surface area is 109 Å². The Balaban J connectivity index is 2.19. The molecule has 0 amide bonds. The first-order chi connectivity index (χ1) is 8.85. The van der Waals surface area contributed by atoms with Gasteiger partial charge < -0.3 is 9.30 Å². The highest BCUT2D eigenvalue weighted by atomic mass is 16.5. The summed E-state index contributed by atoms with van der Waals surface area (Å²) in [6.07, 6.45) is 5.94. The number of hydrogen-bond acceptors (Lipinski definition) is 1. The maximum absolute atomic E-state index is 5.28. The first kappa shape index (κ1) is 12.7. The van der Waals surface area contributed by atoms with Gasteiger partial charge in [0, 0.05) is 24.0 Å². The highest BCUT2D eigenvalue weighted by molar-refractivity contribution is 5.62. The van der Waals surface area contributed by atoms with Gasteiger partial charge in [-0.2, -0.15) is 0 Å². The molecular weight excluding hydrogens is 222 g/mol. The zero-order valence-corrected chi connectivity index (χ0v) is 11.2. The van der Waals surface area contributed by atoms with E-state index in [1.165, 1.54) is 30.5 Å². The molecule has 0 aliphatic rings. The lowest BCUT2D eigenvalue weighted by atomic mass is 10.1. The van der Waals surface area contributed by atoms with Crippen LogP contribution in [0.5, 0.6) is 5.75 Å². The van der Waals surface area contributed by atoms with Gasteiger partial charge in [0.05, 0.1) is 7.11 Å². The Bertz CT molecular complexity index is 487. The number of aryl methyl sites for hydroxylation is 1. The number of hydrogen-bond donors (Lipinski definition) is 0. The summed E-state index contributed by atoms with van der Waals surface area (Å²) in [7, 11) is 1.71. The molecule has 2 aromatic rings. The second-order valence-corrected chi connectivity index (χ2v) is 4.53. The molecular formula is C16H21NO. The van der Waals surface area contributed by atoms with E-state index >= 15 is 0 Å². The zero-order valence-electron chi connectivity index (χ0n) is 11.2. The standard InChI is InChI=1S/C16H21NO/c1-3-4-5-11-17-12-7-10-16(17)14-8-6-9-15(13-14)18-2/h6-10,12-13H,3-5,11H2,1-2H3. The molecule has 96 valence electrons. The number of rotatable bonds is 6. The quantitative estimate of drug-likeness (QED) is 0.688. The number of unbranched alkanes of at least 4 members (excludes halogenated alkanes) is 2. The lowest BCUT2D eigenvalue weighted by Gasteiger charge is -2.10. The molecule has 1 aromatic carbocycles. The summed E-state index contributed by atoms with van der Waals surface area (Å²) in [5, 5.41) is 0. The van der Waals surface area contributed by atoms with Crippen LogP contribution in [0, 0.1) is 0 Å². The van der Waals surface area contributed by atoms with Crippen LogP contribution in [0.3, 0.4) is 0 Å². The Morgan fingerprint density at radius 1 is 1.11 bits per heavy atom. The summed E-state index contributed by atoms with van der Waals surface area (Å²) in [6, 6.07) is 12.5. The molecule has 1 heterocycles. The van der Waals surface area contributed by atoms with Gasteiger partial charge in [-0.05, 0) is 30.7 Å². The molecule has 2 nitrogen and oxygen atoms in total. The van der Waals surface area contributed by atoms with E-state index in [0.717, 1.165) is 12.3 Å². The van der Waals surface area contributed by atoms with Gasteiger partial charge >= 0.3 is 0 Å². The molecule has 18 heavy (non-hydrogen) atoms. The number of aromatic nitrogens is 1. The topological polar surface area (TPSA) is 14.2 Å². The smallest absolute Gasteiger partial charge is 0.119 e. The van der Waals surface area contributed by atoms with Crippen molar-refractivity contribution < 1.29 is 4.74 Å². The van der Waals surface area contributed by atoms with Crippen molar-refractivity contribution in [2.45, 2.75) is 32.7 Å². The average molecular weight is 243 g/mol. The summed E-state index contributed by atoms with van der Waals surface area (Å²) < 4.78 is 7.61. The Morgan fingerprint density at radius 3 is 2.78 bits per heavy atom. The van der Waals surface area contributed by atoms with Crippen molar-refractivity contribution in [3.63, 3.8) is 0 Å². The highest BCUT2D eigenvalue weighted by Crippen LogP contribution is 2.24. The Morgan fingerprint density at radius 2 is 2.00 bits per heavy atom. The summed E-state index contributed by atoms with van der Waals surface area (Å²) in [5.41, 5.74) is 2.49. The van der Waals surface area contributed by atoms with Crippen molar-refractivity contribution in [3.05, 3.63) is 42.6 Å². The fraction of sp³-hybridized carbons (Fsp3) is 0.375. The van der Waals surface area contributed by atoms with Gasteiger partial charge in [-0.3, -0.25) is 0 Å². The van der Waals surface area contributed by atoms with Crippen molar-refractivity contribution in [2.75, 3.05) is 7.11 Å². The van der Waals surface area contributed by atoms with Crippen LogP contribution in [-0.4, -0.2) is 11.7 Å². The maximum atomic E-state index is 5.28. The second-order valence-electron chi connectivity index (χ2n) is 4.53. The fourth-order valence-corrected chi connectivity index (χ4v) is 2.19. The summed E-state index contributed by atoms with van der Waals surface area (Å²) in [4.78, 5) is 0. The van der Waals surface area contributed by atoms with Crippen molar-refractivity contribution in [1.82, 2.24) is 4.57 Å². The fourth-order valence-electron chi connectivity index (χ4n) is 2.19. The minimum absolute atomic E-state index is 0.911. The first-order valence-electron chi connectivity index (χ1n) is 6.64. The van der Waals surface area contributed by atoms with Gasteiger partial charge in [0.2, 0.25) is 0 Å². The van der Waals surface area contributed by atoms with Crippen LogP contribution in [0.1, 0.15) is 26.2 Å². The van der Waals surface area contributed by atoms with Gasteiger partial charge in [-0.1, -0.05) is 31.9 Å². The SMILES string of the molecule is CCCCCn1cccc1-c1cccc(OC)c1. The molecule has 0 aliphatic heterocycles. The predicted molar refractivity (Wildman–Crippen MR) is 75.9 cm³/mol. The van der Waals surface area contributed by atoms with E-state index in [9.17, 15) is 0 Å². The van der Waals surface area contributed by atoms with Crippen molar-refractivity contribution >= 4 is 0 Å². The molecule has 0 unspecified atom stereocenters. The third-order valence-corrected chi connectivity index (χ3v) is 3.20. The molecule has 0 N–H and O–H groups in total. The molecule has 0 fully saturated rings. The number of benzene rings is 1. The maximum Gasteiger partial charge on any atom is 0.119 e. The van der Waals surface area contributed by atoms with E-state index in [2.05, 4.69) is 42.0 Å². The Hall–Kier alpha value is -1.70. The van der Waals surface area contributed by atoms with Crippen LogP contribution < -0.4 is 4.74 Å². The molecule has 0 atom stereocenters. The number of ether oxygens (including phenoxy) is 1. The van der Waals surface area contributed by atoms with Crippen LogP contribution in [0.25, 0.3) is 11.3 Å². The molecule has 0 saturated heterocycles. The van der Waals surface area contributed by atoms with Gasteiger partial charge in [-0.15, -0.1) is 0 Å². The van der Waals surface area contributed by atoms with Gasteiger partial charge in [0.25, 0.3) is 0 Å².